The lowest BCUT2D eigenvalue weighted by atomic mass is 10.1. The molecule has 2 aliphatic rings. The van der Waals surface area contributed by atoms with E-state index in [1.807, 2.05) is 30.7 Å². The van der Waals surface area contributed by atoms with Crippen molar-refractivity contribution >= 4 is 46.7 Å². The zero-order chi connectivity index (χ0) is 26.1. The topological polar surface area (TPSA) is 76.4 Å². The monoisotopic (exact) mass is 522 g/mol. The Kier molecular flexibility index (Phi) is 7.08. The molecule has 2 aromatic carbocycles. The van der Waals surface area contributed by atoms with Gasteiger partial charge in [-0.15, -0.1) is 0 Å². The molecule has 0 spiro atoms. The third kappa shape index (κ3) is 5.28. The Bertz CT molecular complexity index is 1370. The largest absolute Gasteiger partial charge is 0.368 e. The van der Waals surface area contributed by atoms with Crippen molar-refractivity contribution in [1.29, 1.82) is 0 Å². The highest BCUT2D eigenvalue weighted by atomic mass is 35.5. The molecule has 0 saturated carbocycles. The molecule has 3 heterocycles. The minimum absolute atomic E-state index is 0.311. The Labute approximate surface area is 220 Å². The molecule has 5 rings (SSSR count). The quantitative estimate of drug-likeness (QED) is 0.444. The van der Waals surface area contributed by atoms with Gasteiger partial charge in [0.15, 0.2) is 5.69 Å². The van der Waals surface area contributed by atoms with Crippen LogP contribution < -0.4 is 15.5 Å². The van der Waals surface area contributed by atoms with Crippen LogP contribution in [-0.4, -0.2) is 71.3 Å². The first-order valence-corrected chi connectivity index (χ1v) is 12.8. The van der Waals surface area contributed by atoms with Gasteiger partial charge in [-0.2, -0.15) is 0 Å². The SMILES string of the molecule is CC[N+]1=Cc2ncc(NC(C)c3cc(NC(=O)c4ccc(N5CCN(C)CC5)c(Cl)c4)ccc3F)nc21. The molecule has 2 aliphatic heterocycles. The van der Waals surface area contributed by atoms with E-state index in [1.54, 1.807) is 30.5 Å². The number of anilines is 3. The number of halogens is 2. The molecule has 1 fully saturated rings. The van der Waals surface area contributed by atoms with E-state index < -0.39 is 6.04 Å². The van der Waals surface area contributed by atoms with E-state index in [-0.39, 0.29) is 11.7 Å². The minimum atomic E-state index is -0.402. The van der Waals surface area contributed by atoms with Gasteiger partial charge in [0.25, 0.3) is 11.7 Å². The van der Waals surface area contributed by atoms with Gasteiger partial charge in [0.05, 0.1) is 29.5 Å². The van der Waals surface area contributed by atoms with Gasteiger partial charge in [-0.25, -0.2) is 13.9 Å². The highest BCUT2D eigenvalue weighted by molar-refractivity contribution is 6.33. The minimum Gasteiger partial charge on any atom is -0.368 e. The number of fused-ring (bicyclic) bond motifs is 1. The molecule has 2 N–H and O–H groups in total. The van der Waals surface area contributed by atoms with Gasteiger partial charge in [-0.3, -0.25) is 4.79 Å². The number of nitrogens with zero attached hydrogens (tertiary/aromatic N) is 5. The molecular formula is C27H30ClFN7O+. The van der Waals surface area contributed by atoms with Crippen LogP contribution in [0.5, 0.6) is 0 Å². The molecule has 1 aromatic heterocycles. The van der Waals surface area contributed by atoms with Crippen LogP contribution in [0.3, 0.4) is 0 Å². The number of amides is 1. The average Bonchev–Trinajstić information content (AvgIpc) is 2.87. The zero-order valence-electron chi connectivity index (χ0n) is 21.1. The molecule has 10 heteroatoms. The predicted molar refractivity (Wildman–Crippen MR) is 145 cm³/mol. The second-order valence-corrected chi connectivity index (χ2v) is 9.80. The average molecular weight is 523 g/mol. The molecule has 37 heavy (non-hydrogen) atoms. The van der Waals surface area contributed by atoms with Gasteiger partial charge >= 0.3 is 5.82 Å². The maximum Gasteiger partial charge on any atom is 0.355 e. The summed E-state index contributed by atoms with van der Waals surface area (Å²) in [5.41, 5.74) is 3.10. The second-order valence-electron chi connectivity index (χ2n) is 9.39. The fourth-order valence-corrected chi connectivity index (χ4v) is 4.85. The van der Waals surface area contributed by atoms with Crippen molar-refractivity contribution in [2.45, 2.75) is 19.9 Å². The van der Waals surface area contributed by atoms with Gasteiger partial charge in [0, 0.05) is 43.0 Å². The normalized spacial score (nSPS) is 15.9. The molecule has 8 nitrogen and oxygen atoms in total. The van der Waals surface area contributed by atoms with Gasteiger partial charge in [0.1, 0.15) is 12.0 Å². The molecule has 0 bridgehead atoms. The van der Waals surface area contributed by atoms with Crippen LogP contribution in [0.4, 0.5) is 27.4 Å². The van der Waals surface area contributed by atoms with Crippen LogP contribution in [0, 0.1) is 5.82 Å². The van der Waals surface area contributed by atoms with Gasteiger partial charge < -0.3 is 20.4 Å². The Hall–Kier alpha value is -3.56. The number of rotatable bonds is 7. The molecule has 1 atom stereocenters. The summed E-state index contributed by atoms with van der Waals surface area (Å²) >= 11 is 6.54. The van der Waals surface area contributed by atoms with E-state index in [0.29, 0.717) is 27.7 Å². The first kappa shape index (κ1) is 25.1. The van der Waals surface area contributed by atoms with E-state index in [2.05, 4.69) is 37.4 Å². The summed E-state index contributed by atoms with van der Waals surface area (Å²) in [5.74, 6) is 0.673. The lowest BCUT2D eigenvalue weighted by Gasteiger charge is -2.34. The van der Waals surface area contributed by atoms with Crippen LogP contribution in [-0.2, 0) is 0 Å². The van der Waals surface area contributed by atoms with Crippen molar-refractivity contribution in [1.82, 2.24) is 14.9 Å². The summed E-state index contributed by atoms with van der Waals surface area (Å²) in [6.07, 6.45) is 3.58. The number of nitrogens with one attached hydrogen (secondary N) is 2. The Morgan fingerprint density at radius 3 is 2.70 bits per heavy atom. The van der Waals surface area contributed by atoms with Gasteiger partial charge in [0.2, 0.25) is 0 Å². The standard InChI is InChI=1S/C27H29ClFN7O/c1-4-35-16-23-26(35)33-25(15-30-23)31-17(2)20-14-19(6-7-22(20)29)32-27(37)18-5-8-24(21(28)13-18)36-11-9-34(3)10-12-36/h5-8,13-17H,4,9-12H2,1-3H3,(H,32,37)/p+1. The van der Waals surface area contributed by atoms with Gasteiger partial charge in [-0.05, 0) is 62.3 Å². The van der Waals surface area contributed by atoms with Crippen molar-refractivity contribution in [3.8, 4) is 0 Å². The van der Waals surface area contributed by atoms with Crippen LogP contribution in [0.25, 0.3) is 0 Å². The number of benzene rings is 2. The van der Waals surface area contributed by atoms with Crippen molar-refractivity contribution < 1.29 is 13.8 Å². The van der Waals surface area contributed by atoms with E-state index in [0.717, 1.165) is 49.9 Å². The predicted octanol–water partition coefficient (Wildman–Crippen LogP) is 4.54. The number of aromatic nitrogens is 2. The van der Waals surface area contributed by atoms with Crippen molar-refractivity contribution in [2.75, 3.05) is 55.3 Å². The Morgan fingerprint density at radius 1 is 1.19 bits per heavy atom. The molecule has 1 saturated heterocycles. The maximum atomic E-state index is 14.7. The van der Waals surface area contributed by atoms with Crippen LogP contribution in [0.15, 0.2) is 42.6 Å². The number of carbonyl (C=O) groups excluding carboxylic acids is 1. The number of likely N-dealkylation sites (N-methyl/N-ethyl adjacent to an activating group) is 1. The lowest BCUT2D eigenvalue weighted by Crippen LogP contribution is -2.44. The maximum absolute atomic E-state index is 14.7. The Morgan fingerprint density at radius 2 is 1.97 bits per heavy atom. The van der Waals surface area contributed by atoms with Crippen LogP contribution in [0.2, 0.25) is 5.02 Å². The summed E-state index contributed by atoms with van der Waals surface area (Å²) in [4.78, 5) is 26.4. The highest BCUT2D eigenvalue weighted by Gasteiger charge is 2.28. The third-order valence-corrected chi connectivity index (χ3v) is 7.11. The van der Waals surface area contributed by atoms with E-state index >= 15 is 0 Å². The molecule has 1 unspecified atom stereocenters. The van der Waals surface area contributed by atoms with E-state index in [9.17, 15) is 9.18 Å². The first-order valence-electron chi connectivity index (χ1n) is 12.4. The molecular weight excluding hydrogens is 493 g/mol. The van der Waals surface area contributed by atoms with Crippen molar-refractivity contribution in [2.24, 2.45) is 0 Å². The fraction of sp³-hybridized carbons (Fsp3) is 0.333. The van der Waals surface area contributed by atoms with E-state index in [1.165, 1.54) is 6.07 Å². The molecule has 3 aromatic rings. The number of hydrogen-bond donors (Lipinski definition) is 2. The van der Waals surface area contributed by atoms with Crippen LogP contribution >= 0.6 is 11.6 Å². The first-order chi connectivity index (χ1) is 17.8. The highest BCUT2D eigenvalue weighted by Crippen LogP contribution is 2.29. The summed E-state index contributed by atoms with van der Waals surface area (Å²) in [6.45, 7) is 8.39. The molecule has 0 aliphatic carbocycles. The third-order valence-electron chi connectivity index (χ3n) is 6.81. The van der Waals surface area contributed by atoms with Crippen LogP contribution in [0.1, 0.15) is 41.5 Å². The molecule has 1 amide bonds. The van der Waals surface area contributed by atoms with Crippen molar-refractivity contribution in [3.63, 3.8) is 0 Å². The molecule has 0 radical (unpaired) electrons. The smallest absolute Gasteiger partial charge is 0.355 e. The Balaban J connectivity index is 1.27. The lowest BCUT2D eigenvalue weighted by molar-refractivity contribution is -0.447. The summed E-state index contributed by atoms with van der Waals surface area (Å²) in [6, 6.07) is 9.46. The second kappa shape index (κ2) is 10.4. The van der Waals surface area contributed by atoms with Gasteiger partial charge in [-0.1, -0.05) is 11.6 Å². The summed E-state index contributed by atoms with van der Waals surface area (Å²) in [5, 5.41) is 6.61. The van der Waals surface area contributed by atoms with E-state index in [4.69, 9.17) is 11.6 Å². The summed E-state index contributed by atoms with van der Waals surface area (Å²) < 4.78 is 16.7. The number of carbonyl (C=O) groups is 1. The summed E-state index contributed by atoms with van der Waals surface area (Å²) in [7, 11) is 2.10. The number of hydrogen-bond acceptors (Lipinski definition) is 6. The fourth-order valence-electron chi connectivity index (χ4n) is 4.55. The molecule has 192 valence electrons. The number of piperazine rings is 1. The van der Waals surface area contributed by atoms with Crippen molar-refractivity contribution in [3.05, 3.63) is 70.3 Å². The zero-order valence-corrected chi connectivity index (χ0v) is 21.9.